The quantitative estimate of drug-likeness (QED) is 0.261. The third-order valence-corrected chi connectivity index (χ3v) is 1.43. The van der Waals surface area contributed by atoms with E-state index < -0.39 is 7.81 Å². The van der Waals surface area contributed by atoms with Gasteiger partial charge in [0.05, 0.1) is 34.4 Å². The predicted molar refractivity (Wildman–Crippen MR) is 63.2 cm³/mol. The molecular weight excluding hydrogens is 313 g/mol. The van der Waals surface area contributed by atoms with Gasteiger partial charge in [-0.15, -0.1) is 0 Å². The summed E-state index contributed by atoms with van der Waals surface area (Å²) in [4.78, 5) is 11.3. The molecular formula is C8H15F6N4OP. The molecule has 12 heteroatoms. The zero-order valence-corrected chi connectivity index (χ0v) is 12.0. The molecule has 0 amide bonds. The van der Waals surface area contributed by atoms with Crippen LogP contribution in [-0.4, -0.2) is 53.4 Å². The van der Waals surface area contributed by atoms with Gasteiger partial charge in [-0.2, -0.15) is 4.73 Å². The molecule has 1 heterocycles. The number of nitrogens with zero attached hydrogens (tertiary/aromatic N) is 4. The second-order valence-electron chi connectivity index (χ2n) is 4.04. The van der Waals surface area contributed by atoms with Crippen LogP contribution in [0.25, 0.3) is 0 Å². The number of imidazole rings is 1. The number of hydrogen-bond donors (Lipinski definition) is 0. The average molecular weight is 328 g/mol. The maximum atomic E-state index is 9.87. The maximum absolute atomic E-state index is 10.7. The van der Waals surface area contributed by atoms with Gasteiger partial charge < -0.3 is 0 Å². The molecule has 0 saturated carbocycles. The second kappa shape index (κ2) is 5.12. The number of hydrogen-bond acceptors (Lipinski definition) is 2. The summed E-state index contributed by atoms with van der Waals surface area (Å²) in [6.07, 6.45) is 5.02. The van der Waals surface area contributed by atoms with Crippen LogP contribution in [0.4, 0.5) is 25.2 Å². The van der Waals surface area contributed by atoms with Crippen molar-refractivity contribution in [3.05, 3.63) is 18.7 Å². The third kappa shape index (κ3) is 12.9. The Morgan fingerprint density at radius 2 is 1.60 bits per heavy atom. The van der Waals surface area contributed by atoms with Crippen LogP contribution in [0.15, 0.2) is 18.7 Å². The van der Waals surface area contributed by atoms with Crippen molar-refractivity contribution in [3.63, 3.8) is 0 Å². The predicted octanol–water partition coefficient (Wildman–Crippen LogP) is 2.88. The van der Waals surface area contributed by atoms with E-state index in [4.69, 9.17) is 4.84 Å². The number of amidine groups is 1. The van der Waals surface area contributed by atoms with Crippen molar-refractivity contribution >= 4 is 13.8 Å². The van der Waals surface area contributed by atoms with Crippen molar-refractivity contribution in [2.24, 2.45) is 0 Å². The fourth-order valence-electron chi connectivity index (χ4n) is 0.958. The Balaban J connectivity index is 0.000000441. The van der Waals surface area contributed by atoms with E-state index in [-0.39, 0.29) is 0 Å². The van der Waals surface area contributed by atoms with Crippen LogP contribution in [-0.2, 0) is 0 Å². The van der Waals surface area contributed by atoms with Crippen LogP contribution in [0.5, 0.6) is 0 Å². The van der Waals surface area contributed by atoms with Crippen molar-refractivity contribution in [2.75, 3.05) is 28.2 Å². The fraction of sp³-hybridized carbons (Fsp3) is 0.500. The molecule has 20 heavy (non-hydrogen) atoms. The third-order valence-electron chi connectivity index (χ3n) is 1.43. The van der Waals surface area contributed by atoms with Gasteiger partial charge in [-0.1, -0.05) is 0 Å². The molecule has 1 aromatic rings. The minimum absolute atomic E-state index is 0.748. The van der Waals surface area contributed by atoms with Crippen molar-refractivity contribution in [1.82, 2.24) is 14.6 Å². The van der Waals surface area contributed by atoms with E-state index in [2.05, 4.69) is 4.98 Å². The summed E-state index contributed by atoms with van der Waals surface area (Å²) in [5, 5.41) is 0. The van der Waals surface area contributed by atoms with Crippen molar-refractivity contribution in [1.29, 1.82) is 0 Å². The van der Waals surface area contributed by atoms with Crippen LogP contribution in [0, 0.1) is 0 Å². The van der Waals surface area contributed by atoms with Gasteiger partial charge in [-0.25, -0.2) is 14.5 Å². The second-order valence-corrected chi connectivity index (χ2v) is 5.96. The normalized spacial score (nSPS) is 14.3. The van der Waals surface area contributed by atoms with Crippen molar-refractivity contribution in [2.45, 2.75) is 0 Å². The van der Waals surface area contributed by atoms with E-state index in [9.17, 15) is 25.2 Å². The van der Waals surface area contributed by atoms with E-state index >= 15 is 0 Å². The van der Waals surface area contributed by atoms with Crippen LogP contribution in [0.2, 0.25) is 0 Å². The number of halogens is 6. The molecule has 1 rings (SSSR count). The summed E-state index contributed by atoms with van der Waals surface area (Å²) in [7, 11) is -2.97. The van der Waals surface area contributed by atoms with Crippen LogP contribution in [0.3, 0.4) is 0 Å². The molecule has 0 fully saturated rings. The summed E-state index contributed by atoms with van der Waals surface area (Å²) in [5.74, 6) is 0. The summed E-state index contributed by atoms with van der Waals surface area (Å²) in [5.41, 5.74) is 0. The summed E-state index contributed by atoms with van der Waals surface area (Å²) in [6.45, 7) is 0. The van der Waals surface area contributed by atoms with Gasteiger partial charge in [0.2, 0.25) is 0 Å². The number of rotatable bonds is 1. The zero-order chi connectivity index (χ0) is 16.3. The molecule has 0 aliphatic carbocycles. The first-order valence-corrected chi connectivity index (χ1v) is 7.03. The molecule has 5 nitrogen and oxygen atoms in total. The standard InChI is InChI=1S/C8H15N4O.F6P/c1-10(2)8(11(3)4)13-12-6-5-9-7-12;1-7(2,3,4,5)6/h5-7H,1-4H3;/q+1;-1. The van der Waals surface area contributed by atoms with Gasteiger partial charge in [0.1, 0.15) is 6.33 Å². The molecule has 0 radical (unpaired) electrons. The molecule has 0 aromatic carbocycles. The molecule has 0 aliphatic rings. The van der Waals surface area contributed by atoms with E-state index in [0.717, 1.165) is 6.02 Å². The molecule has 0 aliphatic heterocycles. The van der Waals surface area contributed by atoms with E-state index in [0.29, 0.717) is 0 Å². The zero-order valence-electron chi connectivity index (χ0n) is 11.1. The first-order chi connectivity index (χ1) is 8.56. The first-order valence-electron chi connectivity index (χ1n) is 5.00. The Labute approximate surface area is 111 Å². The monoisotopic (exact) mass is 328 g/mol. The molecule has 0 unspecified atom stereocenters. The topological polar surface area (TPSA) is 33.3 Å². The molecule has 0 spiro atoms. The molecule has 0 N–H and O–H groups in total. The van der Waals surface area contributed by atoms with E-state index in [1.165, 1.54) is 0 Å². The Morgan fingerprint density at radius 3 is 1.85 bits per heavy atom. The van der Waals surface area contributed by atoms with Gasteiger partial charge >= 0.3 is 39.0 Å². The Morgan fingerprint density at radius 1 is 1.15 bits per heavy atom. The summed E-state index contributed by atoms with van der Waals surface area (Å²) >= 11 is 0. The summed E-state index contributed by atoms with van der Waals surface area (Å²) < 4.78 is 62.6. The molecule has 1 aromatic heterocycles. The van der Waals surface area contributed by atoms with E-state index in [1.54, 1.807) is 23.5 Å². The van der Waals surface area contributed by atoms with Gasteiger partial charge in [0.25, 0.3) is 0 Å². The molecule has 0 bridgehead atoms. The average Bonchev–Trinajstić information content (AvgIpc) is 2.59. The van der Waals surface area contributed by atoms with Crippen LogP contribution < -0.4 is 4.84 Å². The SMILES string of the molecule is CN(C)C(On1ccnc1)=[N+](C)C.F[P-](F)(F)(F)(F)F. The van der Waals surface area contributed by atoms with Crippen LogP contribution in [0.1, 0.15) is 0 Å². The first kappa shape index (κ1) is 18.5. The molecule has 0 atom stereocenters. The van der Waals surface area contributed by atoms with Gasteiger partial charge in [-0.05, 0) is 0 Å². The molecule has 0 saturated heterocycles. The van der Waals surface area contributed by atoms with Gasteiger partial charge in [0.15, 0.2) is 0 Å². The van der Waals surface area contributed by atoms with Gasteiger partial charge in [-0.3, -0.25) is 4.84 Å². The van der Waals surface area contributed by atoms with Crippen molar-refractivity contribution in [3.8, 4) is 0 Å². The van der Waals surface area contributed by atoms with E-state index in [1.807, 2.05) is 37.7 Å². The Bertz CT molecular complexity index is 450. The molecule has 120 valence electrons. The fourth-order valence-corrected chi connectivity index (χ4v) is 0.958. The van der Waals surface area contributed by atoms with Crippen molar-refractivity contribution < 1.29 is 34.6 Å². The summed E-state index contributed by atoms with van der Waals surface area (Å²) in [6, 6.07) is 0.748. The van der Waals surface area contributed by atoms with Crippen LogP contribution >= 0.6 is 7.81 Å². The minimum atomic E-state index is -10.7. The Kier molecular flexibility index (Phi) is 4.73. The number of aromatic nitrogens is 2. The Hall–Kier alpha value is -1.51. The van der Waals surface area contributed by atoms with Gasteiger partial charge in [0, 0.05) is 6.20 Å².